The van der Waals surface area contributed by atoms with E-state index in [1.165, 1.54) is 24.1 Å². The Hall–Kier alpha value is -3.02. The van der Waals surface area contributed by atoms with Crippen LogP contribution in [0.2, 0.25) is 5.02 Å². The highest BCUT2D eigenvalue weighted by atomic mass is 35.5. The smallest absolute Gasteiger partial charge is 0.368 e. The normalized spacial score (nSPS) is 11.4. The Morgan fingerprint density at radius 3 is 2.72 bits per heavy atom. The lowest BCUT2D eigenvalue weighted by molar-refractivity contribution is -0.183. The molecule has 9 heteroatoms. The van der Waals surface area contributed by atoms with Gasteiger partial charge in [-0.15, -0.1) is 5.06 Å². The molecule has 29 heavy (non-hydrogen) atoms. The van der Waals surface area contributed by atoms with Gasteiger partial charge in [-0.1, -0.05) is 23.6 Å². The molecule has 0 bridgehead atoms. The second-order valence-electron chi connectivity index (χ2n) is 6.18. The maximum atomic E-state index is 12.9. The summed E-state index contributed by atoms with van der Waals surface area (Å²) in [6.07, 6.45) is -2.85. The van der Waals surface area contributed by atoms with Crippen molar-refractivity contribution in [3.05, 3.63) is 70.1 Å². The summed E-state index contributed by atoms with van der Waals surface area (Å²) in [6.45, 7) is 1.40. The standard InChI is InChI=1S/C20H15ClF3N3O2/c1-13(28)29-26(2)12-17-18(27-11-16(21)7-9-19(27)25-17)8-6-14-4-3-5-15(10-14)20(22,23)24/h3-5,7,9-11H,12H2,1-2H3. The van der Waals surface area contributed by atoms with Crippen molar-refractivity contribution in [3.63, 3.8) is 0 Å². The molecule has 3 rings (SSSR count). The van der Waals surface area contributed by atoms with E-state index in [0.29, 0.717) is 22.1 Å². The number of halogens is 4. The number of hydroxylamine groups is 2. The van der Waals surface area contributed by atoms with Gasteiger partial charge in [0.05, 0.1) is 22.8 Å². The van der Waals surface area contributed by atoms with Crippen LogP contribution in [0.1, 0.15) is 29.4 Å². The van der Waals surface area contributed by atoms with Gasteiger partial charge in [0.1, 0.15) is 11.3 Å². The molecule has 0 aliphatic carbocycles. The molecule has 0 unspecified atom stereocenters. The van der Waals surface area contributed by atoms with Crippen LogP contribution in [0.25, 0.3) is 5.65 Å². The minimum Gasteiger partial charge on any atom is -0.368 e. The van der Waals surface area contributed by atoms with Gasteiger partial charge in [-0.3, -0.25) is 9.20 Å². The van der Waals surface area contributed by atoms with Gasteiger partial charge in [0, 0.05) is 25.7 Å². The number of imidazole rings is 1. The molecule has 0 spiro atoms. The molecule has 0 saturated carbocycles. The van der Waals surface area contributed by atoms with Gasteiger partial charge in [0.15, 0.2) is 0 Å². The molecule has 0 aliphatic heterocycles. The van der Waals surface area contributed by atoms with Crippen LogP contribution < -0.4 is 0 Å². The quantitative estimate of drug-likeness (QED) is 0.467. The Kier molecular flexibility index (Phi) is 5.82. The van der Waals surface area contributed by atoms with Crippen molar-refractivity contribution in [2.45, 2.75) is 19.6 Å². The van der Waals surface area contributed by atoms with Crippen LogP contribution in [-0.4, -0.2) is 27.5 Å². The minimum atomic E-state index is -4.45. The molecular weight excluding hydrogens is 407 g/mol. The van der Waals surface area contributed by atoms with Crippen LogP contribution in [0.3, 0.4) is 0 Å². The van der Waals surface area contributed by atoms with E-state index in [4.69, 9.17) is 16.4 Å². The van der Waals surface area contributed by atoms with Crippen molar-refractivity contribution in [2.24, 2.45) is 0 Å². The second-order valence-corrected chi connectivity index (χ2v) is 6.62. The number of hydrogen-bond acceptors (Lipinski definition) is 4. The zero-order chi connectivity index (χ0) is 21.2. The van der Waals surface area contributed by atoms with Crippen molar-refractivity contribution in [1.29, 1.82) is 0 Å². The molecule has 1 aromatic carbocycles. The Labute approximate surface area is 169 Å². The largest absolute Gasteiger partial charge is 0.416 e. The van der Waals surface area contributed by atoms with Gasteiger partial charge in [0.25, 0.3) is 0 Å². The predicted molar refractivity (Wildman–Crippen MR) is 101 cm³/mol. The fraction of sp³-hybridized carbons (Fsp3) is 0.200. The van der Waals surface area contributed by atoms with Gasteiger partial charge in [0.2, 0.25) is 0 Å². The van der Waals surface area contributed by atoms with Crippen LogP contribution in [-0.2, 0) is 22.4 Å². The zero-order valence-electron chi connectivity index (χ0n) is 15.4. The van der Waals surface area contributed by atoms with Crippen molar-refractivity contribution in [2.75, 3.05) is 7.05 Å². The molecular formula is C20H15ClF3N3O2. The monoisotopic (exact) mass is 421 g/mol. The first-order valence-corrected chi connectivity index (χ1v) is 8.77. The van der Waals surface area contributed by atoms with Crippen molar-refractivity contribution in [1.82, 2.24) is 14.4 Å². The number of hydrogen-bond donors (Lipinski definition) is 0. The summed E-state index contributed by atoms with van der Waals surface area (Å²) >= 11 is 6.06. The lowest BCUT2D eigenvalue weighted by atomic mass is 10.1. The van der Waals surface area contributed by atoms with E-state index in [2.05, 4.69) is 16.8 Å². The maximum absolute atomic E-state index is 12.9. The summed E-state index contributed by atoms with van der Waals surface area (Å²) in [5.41, 5.74) is 0.889. The van der Waals surface area contributed by atoms with Gasteiger partial charge in [-0.2, -0.15) is 13.2 Å². The zero-order valence-corrected chi connectivity index (χ0v) is 16.2. The molecule has 150 valence electrons. The highest BCUT2D eigenvalue weighted by molar-refractivity contribution is 6.30. The molecule has 0 fully saturated rings. The average molecular weight is 422 g/mol. The third-order valence-corrected chi connectivity index (χ3v) is 4.05. The number of fused-ring (bicyclic) bond motifs is 1. The number of carbonyl (C=O) groups is 1. The van der Waals surface area contributed by atoms with E-state index in [1.54, 1.807) is 29.8 Å². The fourth-order valence-corrected chi connectivity index (χ4v) is 2.84. The molecule has 0 radical (unpaired) electrons. The Balaban J connectivity index is 2.04. The first-order valence-electron chi connectivity index (χ1n) is 8.39. The summed E-state index contributed by atoms with van der Waals surface area (Å²) in [5, 5.41) is 1.73. The average Bonchev–Trinajstić information content (AvgIpc) is 2.95. The topological polar surface area (TPSA) is 46.8 Å². The van der Waals surface area contributed by atoms with Crippen LogP contribution in [0.4, 0.5) is 13.2 Å². The number of carbonyl (C=O) groups excluding carboxylic acids is 1. The maximum Gasteiger partial charge on any atom is 0.416 e. The number of benzene rings is 1. The molecule has 0 atom stereocenters. The fourth-order valence-electron chi connectivity index (χ4n) is 2.68. The van der Waals surface area contributed by atoms with Gasteiger partial charge < -0.3 is 4.84 Å². The molecule has 0 saturated heterocycles. The first kappa shape index (κ1) is 20.7. The molecule has 2 aromatic heterocycles. The number of nitrogens with zero attached hydrogens (tertiary/aromatic N) is 3. The number of aromatic nitrogens is 2. The predicted octanol–water partition coefficient (Wildman–Crippen LogP) is 4.32. The number of rotatable bonds is 3. The lowest BCUT2D eigenvalue weighted by Crippen LogP contribution is -2.21. The molecule has 0 N–H and O–H groups in total. The van der Waals surface area contributed by atoms with E-state index in [-0.39, 0.29) is 12.1 Å². The van der Waals surface area contributed by atoms with Gasteiger partial charge >= 0.3 is 12.1 Å². The van der Waals surface area contributed by atoms with Crippen molar-refractivity contribution >= 4 is 23.2 Å². The highest BCUT2D eigenvalue weighted by Gasteiger charge is 2.30. The summed E-state index contributed by atoms with van der Waals surface area (Å²) < 4.78 is 40.4. The van der Waals surface area contributed by atoms with Crippen molar-refractivity contribution in [3.8, 4) is 11.8 Å². The minimum absolute atomic E-state index is 0.130. The summed E-state index contributed by atoms with van der Waals surface area (Å²) in [4.78, 5) is 20.6. The lowest BCUT2D eigenvalue weighted by Gasteiger charge is -2.13. The number of pyridine rings is 1. The Bertz CT molecular complexity index is 1130. The van der Waals surface area contributed by atoms with E-state index < -0.39 is 17.7 Å². The summed E-state index contributed by atoms with van der Waals surface area (Å²) in [5.74, 6) is 5.13. The Morgan fingerprint density at radius 1 is 1.28 bits per heavy atom. The van der Waals surface area contributed by atoms with E-state index in [1.807, 2.05) is 0 Å². The van der Waals surface area contributed by atoms with Crippen LogP contribution >= 0.6 is 11.6 Å². The van der Waals surface area contributed by atoms with Crippen molar-refractivity contribution < 1.29 is 22.8 Å². The van der Waals surface area contributed by atoms with E-state index in [9.17, 15) is 18.0 Å². The van der Waals surface area contributed by atoms with Crippen LogP contribution in [0.5, 0.6) is 0 Å². The van der Waals surface area contributed by atoms with Gasteiger partial charge in [-0.05, 0) is 36.3 Å². The van der Waals surface area contributed by atoms with Gasteiger partial charge in [-0.25, -0.2) is 4.98 Å². The van der Waals surface area contributed by atoms with E-state index >= 15 is 0 Å². The molecule has 3 aromatic rings. The Morgan fingerprint density at radius 2 is 2.03 bits per heavy atom. The first-order chi connectivity index (χ1) is 13.6. The van der Waals surface area contributed by atoms with Crippen LogP contribution in [0.15, 0.2) is 42.6 Å². The molecule has 0 amide bonds. The SMILES string of the molecule is CC(=O)ON(C)Cc1nc2ccc(Cl)cn2c1C#Cc1cccc(C(F)(F)F)c1. The molecule has 2 heterocycles. The molecule has 0 aliphatic rings. The summed E-state index contributed by atoms with van der Waals surface area (Å²) in [7, 11) is 1.56. The van der Waals surface area contributed by atoms with E-state index in [0.717, 1.165) is 12.1 Å². The summed E-state index contributed by atoms with van der Waals surface area (Å²) in [6, 6.07) is 8.10. The number of alkyl halides is 3. The molecule has 5 nitrogen and oxygen atoms in total. The second kappa shape index (κ2) is 8.15. The third kappa shape index (κ3) is 5.08. The highest BCUT2D eigenvalue weighted by Crippen LogP contribution is 2.29. The third-order valence-electron chi connectivity index (χ3n) is 3.83. The van der Waals surface area contributed by atoms with Crippen LogP contribution in [0, 0.1) is 11.8 Å².